The average Bonchev–Trinajstić information content (AvgIpc) is 2.93. The van der Waals surface area contributed by atoms with Gasteiger partial charge in [-0.2, -0.15) is 0 Å². The number of pyridine rings is 1. The van der Waals surface area contributed by atoms with Gasteiger partial charge in [-0.1, -0.05) is 0 Å². The van der Waals surface area contributed by atoms with Crippen LogP contribution < -0.4 is 10.5 Å². The highest BCUT2D eigenvalue weighted by molar-refractivity contribution is 5.77. The summed E-state index contributed by atoms with van der Waals surface area (Å²) in [6.45, 7) is 5.87. The van der Waals surface area contributed by atoms with Gasteiger partial charge in [0.05, 0.1) is 5.69 Å². The fraction of sp³-hybridized carbons (Fsp3) is 0.200. The Morgan fingerprint density at radius 3 is 2.62 bits per heavy atom. The van der Waals surface area contributed by atoms with Crippen LogP contribution in [0, 0.1) is 19.7 Å². The summed E-state index contributed by atoms with van der Waals surface area (Å²) in [6, 6.07) is 6.06. The van der Waals surface area contributed by atoms with E-state index in [-0.39, 0.29) is 5.75 Å². The van der Waals surface area contributed by atoms with Gasteiger partial charge in [0.25, 0.3) is 0 Å². The summed E-state index contributed by atoms with van der Waals surface area (Å²) in [5.74, 6) is 1.04. The van der Waals surface area contributed by atoms with Gasteiger partial charge >= 0.3 is 0 Å². The number of anilines is 1. The van der Waals surface area contributed by atoms with Crippen molar-refractivity contribution in [3.63, 3.8) is 0 Å². The van der Waals surface area contributed by atoms with Crippen molar-refractivity contribution in [2.24, 2.45) is 7.05 Å². The van der Waals surface area contributed by atoms with Crippen molar-refractivity contribution in [2.75, 3.05) is 5.73 Å². The molecule has 0 spiro atoms. The van der Waals surface area contributed by atoms with Crippen LogP contribution in [0.4, 0.5) is 10.1 Å². The normalized spacial score (nSPS) is 11.7. The van der Waals surface area contributed by atoms with E-state index in [1.165, 1.54) is 12.1 Å². The molecule has 2 N–H and O–H groups in total. The lowest BCUT2D eigenvalue weighted by Crippen LogP contribution is -1.98. The van der Waals surface area contributed by atoms with E-state index >= 15 is 0 Å². The Kier molecular flexibility index (Phi) is 4.75. The third kappa shape index (κ3) is 3.44. The minimum absolute atomic E-state index is 0.125. The number of aryl methyl sites for hydroxylation is 1. The summed E-state index contributed by atoms with van der Waals surface area (Å²) in [7, 11) is 1.97. The van der Waals surface area contributed by atoms with E-state index in [1.807, 2.05) is 44.7 Å². The van der Waals surface area contributed by atoms with E-state index in [1.54, 1.807) is 18.3 Å². The number of benzene rings is 1. The van der Waals surface area contributed by atoms with E-state index in [4.69, 9.17) is 10.5 Å². The van der Waals surface area contributed by atoms with Crippen LogP contribution in [0.15, 0.2) is 36.7 Å². The Bertz CT molecular complexity index is 991. The lowest BCUT2D eigenvalue weighted by Gasteiger charge is -2.12. The van der Waals surface area contributed by atoms with Crippen molar-refractivity contribution in [1.29, 1.82) is 0 Å². The number of nitrogens with two attached hydrogens (primary N) is 1. The molecule has 3 rings (SSSR count). The number of aromatic nitrogens is 3. The number of rotatable bonds is 4. The second kappa shape index (κ2) is 7.00. The fourth-order valence-electron chi connectivity index (χ4n) is 2.64. The molecular formula is C20H21FN4O. The van der Waals surface area contributed by atoms with Gasteiger partial charge < -0.3 is 15.0 Å². The molecule has 26 heavy (non-hydrogen) atoms. The number of allylic oxidation sites excluding steroid dienone is 1. The Labute approximate surface area is 152 Å². The molecule has 0 amide bonds. The molecule has 1 aromatic carbocycles. The maximum Gasteiger partial charge on any atom is 0.167 e. The third-order valence-electron chi connectivity index (χ3n) is 4.30. The van der Waals surface area contributed by atoms with Crippen molar-refractivity contribution in [3.05, 3.63) is 65.3 Å². The van der Waals surface area contributed by atoms with Crippen LogP contribution >= 0.6 is 0 Å². The van der Waals surface area contributed by atoms with Gasteiger partial charge in [-0.25, -0.2) is 9.37 Å². The predicted octanol–water partition coefficient (Wildman–Crippen LogP) is 4.51. The Hall–Kier alpha value is -3.15. The van der Waals surface area contributed by atoms with Gasteiger partial charge in [0.15, 0.2) is 11.6 Å². The molecule has 0 fully saturated rings. The molecule has 134 valence electrons. The highest BCUT2D eigenvalue weighted by atomic mass is 19.1. The number of imidazole rings is 1. The highest BCUT2D eigenvalue weighted by Gasteiger charge is 2.11. The van der Waals surface area contributed by atoms with Gasteiger partial charge in [-0.05, 0) is 50.6 Å². The maximum absolute atomic E-state index is 14.0. The Balaban J connectivity index is 1.94. The molecule has 0 unspecified atom stereocenters. The molecule has 0 aliphatic heterocycles. The second-order valence-corrected chi connectivity index (χ2v) is 6.22. The highest BCUT2D eigenvalue weighted by Crippen LogP contribution is 2.30. The van der Waals surface area contributed by atoms with Crippen LogP contribution in [-0.2, 0) is 7.05 Å². The number of hydrogen-bond donors (Lipinski definition) is 1. The standard InChI is InChI=1S/C20H21FN4O/c1-12(20-24-11-13(2)25(20)4)9-17-14(3)18(7-8-23-17)26-19-6-5-15(22)10-16(19)21/h5-11H,22H2,1-4H3/b12-9+. The average molecular weight is 352 g/mol. The molecule has 3 aromatic rings. The Morgan fingerprint density at radius 1 is 1.19 bits per heavy atom. The van der Waals surface area contributed by atoms with Crippen molar-refractivity contribution in [3.8, 4) is 11.5 Å². The van der Waals surface area contributed by atoms with Crippen LogP contribution in [0.25, 0.3) is 11.6 Å². The first kappa shape index (κ1) is 17.7. The van der Waals surface area contributed by atoms with E-state index < -0.39 is 5.82 Å². The summed E-state index contributed by atoms with van der Waals surface area (Å²) in [4.78, 5) is 8.84. The van der Waals surface area contributed by atoms with Gasteiger partial charge in [0, 0.05) is 42.5 Å². The summed E-state index contributed by atoms with van der Waals surface area (Å²) in [5, 5.41) is 0. The molecule has 0 atom stereocenters. The molecule has 0 aliphatic carbocycles. The van der Waals surface area contributed by atoms with Crippen molar-refractivity contribution in [1.82, 2.24) is 14.5 Å². The Morgan fingerprint density at radius 2 is 1.96 bits per heavy atom. The monoisotopic (exact) mass is 352 g/mol. The van der Waals surface area contributed by atoms with Crippen LogP contribution in [-0.4, -0.2) is 14.5 Å². The summed E-state index contributed by atoms with van der Waals surface area (Å²) >= 11 is 0. The number of nitrogens with zero attached hydrogens (tertiary/aromatic N) is 3. The topological polar surface area (TPSA) is 66.0 Å². The maximum atomic E-state index is 14.0. The number of halogens is 1. The summed E-state index contributed by atoms with van der Waals surface area (Å²) < 4.78 is 21.8. The second-order valence-electron chi connectivity index (χ2n) is 6.22. The van der Waals surface area contributed by atoms with Crippen molar-refractivity contribution in [2.45, 2.75) is 20.8 Å². The number of nitrogen functional groups attached to an aromatic ring is 1. The molecule has 5 nitrogen and oxygen atoms in total. The van der Waals surface area contributed by atoms with Crippen molar-refractivity contribution >= 4 is 17.3 Å². The zero-order valence-electron chi connectivity index (χ0n) is 15.2. The minimum atomic E-state index is -0.502. The SMILES string of the molecule is C/C(=C\c1nccc(Oc2ccc(N)cc2F)c1C)c1ncc(C)n1C. The number of ether oxygens (including phenoxy) is 1. The molecule has 0 radical (unpaired) electrons. The zero-order valence-corrected chi connectivity index (χ0v) is 15.2. The lowest BCUT2D eigenvalue weighted by molar-refractivity contribution is 0.439. The van der Waals surface area contributed by atoms with Crippen LogP contribution in [0.5, 0.6) is 11.5 Å². The first-order valence-corrected chi connectivity index (χ1v) is 8.22. The third-order valence-corrected chi connectivity index (χ3v) is 4.30. The fourth-order valence-corrected chi connectivity index (χ4v) is 2.64. The van der Waals surface area contributed by atoms with E-state index in [9.17, 15) is 4.39 Å². The molecule has 0 saturated heterocycles. The molecule has 2 aromatic heterocycles. The molecule has 0 aliphatic rings. The first-order valence-electron chi connectivity index (χ1n) is 8.22. The summed E-state index contributed by atoms with van der Waals surface area (Å²) in [5.41, 5.74) is 9.55. The van der Waals surface area contributed by atoms with Gasteiger partial charge in [-0.3, -0.25) is 4.98 Å². The van der Waals surface area contributed by atoms with Crippen LogP contribution in [0.1, 0.15) is 29.7 Å². The van der Waals surface area contributed by atoms with Gasteiger partial charge in [0.2, 0.25) is 0 Å². The van der Waals surface area contributed by atoms with Crippen LogP contribution in [0.2, 0.25) is 0 Å². The van der Waals surface area contributed by atoms with Gasteiger partial charge in [-0.15, -0.1) is 0 Å². The molecule has 0 saturated carbocycles. The predicted molar refractivity (Wildman–Crippen MR) is 101 cm³/mol. The molecule has 6 heteroatoms. The quantitative estimate of drug-likeness (QED) is 0.702. The van der Waals surface area contributed by atoms with E-state index in [0.717, 1.165) is 28.3 Å². The van der Waals surface area contributed by atoms with E-state index in [0.29, 0.717) is 11.4 Å². The van der Waals surface area contributed by atoms with Crippen molar-refractivity contribution < 1.29 is 9.13 Å². The van der Waals surface area contributed by atoms with Crippen LogP contribution in [0.3, 0.4) is 0 Å². The summed E-state index contributed by atoms with van der Waals surface area (Å²) in [6.07, 6.45) is 5.42. The lowest BCUT2D eigenvalue weighted by atomic mass is 10.1. The first-order chi connectivity index (χ1) is 12.4. The molecule has 0 bridgehead atoms. The largest absolute Gasteiger partial charge is 0.454 e. The van der Waals surface area contributed by atoms with Gasteiger partial charge in [0.1, 0.15) is 11.6 Å². The number of hydrogen-bond acceptors (Lipinski definition) is 4. The minimum Gasteiger partial charge on any atom is -0.454 e. The molecular weight excluding hydrogens is 331 g/mol. The molecule has 2 heterocycles. The zero-order chi connectivity index (χ0) is 18.8. The van der Waals surface area contributed by atoms with E-state index in [2.05, 4.69) is 9.97 Å². The smallest absolute Gasteiger partial charge is 0.167 e.